The van der Waals surface area contributed by atoms with Gasteiger partial charge in [-0.15, -0.1) is 0 Å². The number of anilines is 3. The molecule has 0 bridgehead atoms. The maximum absolute atomic E-state index is 12.8. The molecular weight excluding hydrogens is 426 g/mol. The van der Waals surface area contributed by atoms with E-state index in [0.717, 1.165) is 0 Å². The first-order chi connectivity index (χ1) is 16.0. The van der Waals surface area contributed by atoms with E-state index in [1.54, 1.807) is 66.6 Å². The van der Waals surface area contributed by atoms with Gasteiger partial charge < -0.3 is 29.4 Å². The Hall–Kier alpha value is -4.27. The lowest BCUT2D eigenvalue weighted by Gasteiger charge is -2.20. The van der Waals surface area contributed by atoms with E-state index < -0.39 is 5.92 Å². The summed E-state index contributed by atoms with van der Waals surface area (Å²) in [6.45, 7) is 0.241. The Morgan fingerprint density at radius 3 is 2.36 bits per heavy atom. The average Bonchev–Trinajstić information content (AvgIpc) is 3.50. The standard InChI is InChI=1S/C24H23N3O6/c1-31-18-9-10-19(21(13-18)32-2)27-14-15(12-22(27)28)23(29)25-16-5-7-17(8-6-16)26-24(30)20-4-3-11-33-20/h3-11,13,15H,12,14H2,1-2H3,(H,25,29)(H,26,30). The van der Waals surface area contributed by atoms with E-state index >= 15 is 0 Å². The Kier molecular flexibility index (Phi) is 6.30. The van der Waals surface area contributed by atoms with Crippen LogP contribution in [0.2, 0.25) is 0 Å². The van der Waals surface area contributed by atoms with E-state index in [1.807, 2.05) is 0 Å². The van der Waals surface area contributed by atoms with Crippen molar-refractivity contribution < 1.29 is 28.3 Å². The molecule has 3 aromatic rings. The summed E-state index contributed by atoms with van der Waals surface area (Å²) in [4.78, 5) is 39.0. The molecule has 1 atom stereocenters. The smallest absolute Gasteiger partial charge is 0.291 e. The molecule has 2 N–H and O–H groups in total. The number of carbonyl (C=O) groups excluding carboxylic acids is 3. The molecule has 170 valence electrons. The molecular formula is C24H23N3O6. The molecule has 0 spiro atoms. The summed E-state index contributed by atoms with van der Waals surface area (Å²) in [6.07, 6.45) is 1.52. The van der Waals surface area contributed by atoms with Crippen molar-refractivity contribution in [3.05, 3.63) is 66.6 Å². The second kappa shape index (κ2) is 9.47. The third-order valence-corrected chi connectivity index (χ3v) is 5.33. The molecule has 0 saturated carbocycles. The van der Waals surface area contributed by atoms with E-state index in [1.165, 1.54) is 13.4 Å². The Labute approximate surface area is 190 Å². The minimum Gasteiger partial charge on any atom is -0.497 e. The number of furan rings is 1. The van der Waals surface area contributed by atoms with Gasteiger partial charge in [-0.1, -0.05) is 0 Å². The predicted octanol–water partition coefficient (Wildman–Crippen LogP) is 3.54. The third-order valence-electron chi connectivity index (χ3n) is 5.33. The van der Waals surface area contributed by atoms with Crippen LogP contribution in [-0.4, -0.2) is 38.5 Å². The number of carbonyl (C=O) groups is 3. The van der Waals surface area contributed by atoms with Crippen LogP contribution in [0.1, 0.15) is 17.0 Å². The molecule has 33 heavy (non-hydrogen) atoms. The van der Waals surface area contributed by atoms with E-state index in [0.29, 0.717) is 28.6 Å². The molecule has 1 saturated heterocycles. The zero-order chi connectivity index (χ0) is 23.4. The van der Waals surface area contributed by atoms with Crippen molar-refractivity contribution in [1.29, 1.82) is 0 Å². The van der Waals surface area contributed by atoms with Gasteiger partial charge in [-0.3, -0.25) is 14.4 Å². The quantitative estimate of drug-likeness (QED) is 0.571. The van der Waals surface area contributed by atoms with E-state index in [9.17, 15) is 14.4 Å². The number of nitrogens with zero attached hydrogens (tertiary/aromatic N) is 1. The molecule has 9 nitrogen and oxygen atoms in total. The zero-order valence-electron chi connectivity index (χ0n) is 18.2. The molecule has 0 radical (unpaired) electrons. The second-order valence-electron chi connectivity index (χ2n) is 7.44. The highest BCUT2D eigenvalue weighted by molar-refractivity contribution is 6.05. The third kappa shape index (κ3) is 4.82. The first-order valence-corrected chi connectivity index (χ1v) is 10.3. The van der Waals surface area contributed by atoms with Crippen molar-refractivity contribution in [3.8, 4) is 11.5 Å². The lowest BCUT2D eigenvalue weighted by Crippen LogP contribution is -2.28. The number of amides is 3. The molecule has 2 aromatic carbocycles. The zero-order valence-corrected chi connectivity index (χ0v) is 18.2. The summed E-state index contributed by atoms with van der Waals surface area (Å²) >= 11 is 0. The lowest BCUT2D eigenvalue weighted by molar-refractivity contribution is -0.122. The van der Waals surface area contributed by atoms with Gasteiger partial charge >= 0.3 is 0 Å². The van der Waals surface area contributed by atoms with Gasteiger partial charge in [-0.05, 0) is 48.5 Å². The van der Waals surface area contributed by atoms with E-state index in [4.69, 9.17) is 13.9 Å². The fourth-order valence-corrected chi connectivity index (χ4v) is 3.61. The minimum absolute atomic E-state index is 0.0955. The lowest BCUT2D eigenvalue weighted by atomic mass is 10.1. The van der Waals surface area contributed by atoms with Crippen LogP contribution in [0.15, 0.2) is 65.3 Å². The van der Waals surface area contributed by atoms with Crippen LogP contribution in [0.25, 0.3) is 0 Å². The number of ether oxygens (including phenoxy) is 2. The highest BCUT2D eigenvalue weighted by Crippen LogP contribution is 2.36. The van der Waals surface area contributed by atoms with Gasteiger partial charge in [0.1, 0.15) is 11.5 Å². The number of nitrogens with one attached hydrogen (secondary N) is 2. The van der Waals surface area contributed by atoms with Gasteiger partial charge in [0.2, 0.25) is 11.8 Å². The Bertz CT molecular complexity index is 1160. The van der Waals surface area contributed by atoms with Crippen molar-refractivity contribution in [2.45, 2.75) is 6.42 Å². The SMILES string of the molecule is COc1ccc(N2CC(C(=O)Nc3ccc(NC(=O)c4ccco4)cc3)CC2=O)c(OC)c1. The van der Waals surface area contributed by atoms with Crippen LogP contribution in [0.4, 0.5) is 17.1 Å². The van der Waals surface area contributed by atoms with Gasteiger partial charge in [-0.25, -0.2) is 0 Å². The summed E-state index contributed by atoms with van der Waals surface area (Å²) in [7, 11) is 3.07. The van der Waals surface area contributed by atoms with Crippen LogP contribution < -0.4 is 25.0 Å². The summed E-state index contributed by atoms with van der Waals surface area (Å²) < 4.78 is 15.7. The van der Waals surface area contributed by atoms with Crippen LogP contribution in [0.3, 0.4) is 0 Å². The Morgan fingerprint density at radius 1 is 1.00 bits per heavy atom. The predicted molar refractivity (Wildman–Crippen MR) is 122 cm³/mol. The summed E-state index contributed by atoms with van der Waals surface area (Å²) in [5, 5.41) is 5.54. The average molecular weight is 449 g/mol. The number of benzene rings is 2. The fraction of sp³-hybridized carbons (Fsp3) is 0.208. The summed E-state index contributed by atoms with van der Waals surface area (Å²) in [5.41, 5.74) is 1.71. The van der Waals surface area contributed by atoms with E-state index in [-0.39, 0.29) is 36.4 Å². The van der Waals surface area contributed by atoms with Crippen LogP contribution in [0.5, 0.6) is 11.5 Å². The molecule has 1 aliphatic rings. The summed E-state index contributed by atoms with van der Waals surface area (Å²) in [6, 6.07) is 15.1. The first-order valence-electron chi connectivity index (χ1n) is 10.3. The molecule has 9 heteroatoms. The largest absolute Gasteiger partial charge is 0.497 e. The van der Waals surface area contributed by atoms with Gasteiger partial charge in [0.25, 0.3) is 5.91 Å². The minimum atomic E-state index is -0.511. The molecule has 3 amide bonds. The van der Waals surface area contributed by atoms with Gasteiger partial charge in [0.05, 0.1) is 32.1 Å². The topological polar surface area (TPSA) is 110 Å². The first kappa shape index (κ1) is 21.9. The van der Waals surface area contributed by atoms with Crippen molar-refractivity contribution >= 4 is 34.8 Å². The second-order valence-corrected chi connectivity index (χ2v) is 7.44. The van der Waals surface area contributed by atoms with Crippen LogP contribution in [0, 0.1) is 5.92 Å². The number of methoxy groups -OCH3 is 2. The maximum Gasteiger partial charge on any atom is 0.291 e. The summed E-state index contributed by atoms with van der Waals surface area (Å²) in [5.74, 6) is 0.0193. The molecule has 1 fully saturated rings. The van der Waals surface area contributed by atoms with Crippen molar-refractivity contribution in [2.24, 2.45) is 5.92 Å². The highest BCUT2D eigenvalue weighted by atomic mass is 16.5. The normalized spacial score (nSPS) is 15.3. The van der Waals surface area contributed by atoms with Gasteiger partial charge in [-0.2, -0.15) is 0 Å². The molecule has 2 heterocycles. The van der Waals surface area contributed by atoms with E-state index in [2.05, 4.69) is 10.6 Å². The van der Waals surface area contributed by atoms with Crippen molar-refractivity contribution in [2.75, 3.05) is 36.3 Å². The van der Waals surface area contributed by atoms with Gasteiger partial charge in [0, 0.05) is 30.4 Å². The Morgan fingerprint density at radius 2 is 1.73 bits per heavy atom. The molecule has 4 rings (SSSR count). The van der Waals surface area contributed by atoms with Crippen LogP contribution in [-0.2, 0) is 9.59 Å². The number of hydrogen-bond donors (Lipinski definition) is 2. The molecule has 0 aliphatic carbocycles. The van der Waals surface area contributed by atoms with Crippen LogP contribution >= 0.6 is 0 Å². The monoisotopic (exact) mass is 449 g/mol. The van der Waals surface area contributed by atoms with Gasteiger partial charge in [0.15, 0.2) is 5.76 Å². The number of rotatable bonds is 7. The molecule has 1 unspecified atom stereocenters. The molecule has 1 aromatic heterocycles. The maximum atomic E-state index is 12.8. The van der Waals surface area contributed by atoms with Crippen molar-refractivity contribution in [3.63, 3.8) is 0 Å². The Balaban J connectivity index is 1.38. The number of hydrogen-bond acceptors (Lipinski definition) is 6. The molecule has 1 aliphatic heterocycles. The highest BCUT2D eigenvalue weighted by Gasteiger charge is 2.36. The van der Waals surface area contributed by atoms with Crippen molar-refractivity contribution in [1.82, 2.24) is 0 Å². The fourth-order valence-electron chi connectivity index (χ4n) is 3.61.